The lowest BCUT2D eigenvalue weighted by atomic mass is 10.1. The fourth-order valence-corrected chi connectivity index (χ4v) is 4.64. The molecule has 3 rings (SSSR count). The van der Waals surface area contributed by atoms with E-state index in [9.17, 15) is 22.8 Å². The Morgan fingerprint density at radius 2 is 1.90 bits per heavy atom. The SMILES string of the molecule is CC(=O)c1c(C)[nH]c(C(=O)COC(=O)c2ccc3c(c2)CCN3S(C)(=O)=O)c1C. The smallest absolute Gasteiger partial charge is 0.338 e. The van der Waals surface area contributed by atoms with Crippen LogP contribution in [-0.2, 0) is 21.2 Å². The third-order valence-electron chi connectivity index (χ3n) is 4.97. The first-order valence-corrected chi connectivity index (χ1v) is 10.9. The van der Waals surface area contributed by atoms with E-state index < -0.39 is 28.4 Å². The molecule has 0 amide bonds. The molecule has 0 bridgehead atoms. The highest BCUT2D eigenvalue weighted by Gasteiger charge is 2.27. The standard InChI is InChI=1S/C20H22N2O6S/c1-11-18(13(3)23)12(2)21-19(11)17(24)10-28-20(25)15-5-6-16-14(9-15)7-8-22(16)29(4,26)27/h5-6,9,21H,7-8,10H2,1-4H3. The predicted octanol–water partition coefficient (Wildman–Crippen LogP) is 2.20. The lowest BCUT2D eigenvalue weighted by Gasteiger charge is -2.16. The molecule has 1 N–H and O–H groups in total. The molecular weight excluding hydrogens is 396 g/mol. The zero-order valence-electron chi connectivity index (χ0n) is 16.7. The van der Waals surface area contributed by atoms with Crippen molar-refractivity contribution in [2.24, 2.45) is 0 Å². The van der Waals surface area contributed by atoms with E-state index in [4.69, 9.17) is 4.74 Å². The van der Waals surface area contributed by atoms with E-state index in [1.165, 1.54) is 17.3 Å². The number of carbonyl (C=O) groups is 3. The van der Waals surface area contributed by atoms with Crippen LogP contribution in [0.25, 0.3) is 0 Å². The van der Waals surface area contributed by atoms with Crippen LogP contribution in [0.3, 0.4) is 0 Å². The first-order valence-electron chi connectivity index (χ1n) is 9.01. The molecule has 0 spiro atoms. The number of sulfonamides is 1. The van der Waals surface area contributed by atoms with Crippen LogP contribution in [0.15, 0.2) is 18.2 Å². The van der Waals surface area contributed by atoms with Gasteiger partial charge in [-0.2, -0.15) is 0 Å². The van der Waals surface area contributed by atoms with Gasteiger partial charge in [-0.05, 0) is 56.5 Å². The Morgan fingerprint density at radius 1 is 1.21 bits per heavy atom. The molecule has 1 aliphatic heterocycles. The number of ketones is 2. The van der Waals surface area contributed by atoms with Crippen LogP contribution < -0.4 is 4.31 Å². The number of esters is 1. The predicted molar refractivity (Wildman–Crippen MR) is 107 cm³/mol. The van der Waals surface area contributed by atoms with Crippen molar-refractivity contribution in [3.05, 3.63) is 51.8 Å². The van der Waals surface area contributed by atoms with Crippen molar-refractivity contribution in [3.8, 4) is 0 Å². The Kier molecular flexibility index (Phi) is 5.36. The fraction of sp³-hybridized carbons (Fsp3) is 0.350. The molecule has 1 aliphatic rings. The van der Waals surface area contributed by atoms with Crippen LogP contribution in [0.1, 0.15) is 54.9 Å². The summed E-state index contributed by atoms with van der Waals surface area (Å²) >= 11 is 0. The van der Waals surface area contributed by atoms with Crippen LogP contribution in [0.5, 0.6) is 0 Å². The first kappa shape index (κ1) is 20.8. The number of hydrogen-bond donors (Lipinski definition) is 1. The lowest BCUT2D eigenvalue weighted by Crippen LogP contribution is -2.27. The van der Waals surface area contributed by atoms with Gasteiger partial charge in [0, 0.05) is 17.8 Å². The highest BCUT2D eigenvalue weighted by Crippen LogP contribution is 2.31. The van der Waals surface area contributed by atoms with Gasteiger partial charge in [0.25, 0.3) is 0 Å². The van der Waals surface area contributed by atoms with Gasteiger partial charge in [-0.1, -0.05) is 0 Å². The van der Waals surface area contributed by atoms with Crippen LogP contribution in [0, 0.1) is 13.8 Å². The molecule has 1 aromatic heterocycles. The van der Waals surface area contributed by atoms with Crippen molar-refractivity contribution in [1.82, 2.24) is 4.98 Å². The first-order chi connectivity index (χ1) is 13.5. The molecule has 2 heterocycles. The number of hydrogen-bond acceptors (Lipinski definition) is 6. The summed E-state index contributed by atoms with van der Waals surface area (Å²) in [5.74, 6) is -1.25. The summed E-state index contributed by atoms with van der Waals surface area (Å²) in [7, 11) is -3.37. The van der Waals surface area contributed by atoms with Crippen LogP contribution in [0.2, 0.25) is 0 Å². The Labute approximate surface area is 168 Å². The second kappa shape index (κ2) is 7.47. The average Bonchev–Trinajstić information content (AvgIpc) is 3.19. The number of anilines is 1. The number of fused-ring (bicyclic) bond motifs is 1. The van der Waals surface area contributed by atoms with Gasteiger partial charge in [0.1, 0.15) is 0 Å². The second-order valence-corrected chi connectivity index (χ2v) is 9.02. The fourth-order valence-electron chi connectivity index (χ4n) is 3.69. The third-order valence-corrected chi connectivity index (χ3v) is 6.15. The summed E-state index contributed by atoms with van der Waals surface area (Å²) in [5, 5.41) is 0. The van der Waals surface area contributed by atoms with Crippen LogP contribution in [-0.4, -0.2) is 50.3 Å². The zero-order chi connectivity index (χ0) is 21.5. The monoisotopic (exact) mass is 418 g/mol. The summed E-state index contributed by atoms with van der Waals surface area (Å²) in [4.78, 5) is 39.4. The third kappa shape index (κ3) is 3.95. The van der Waals surface area contributed by atoms with Crippen molar-refractivity contribution in [2.75, 3.05) is 23.7 Å². The van der Waals surface area contributed by atoms with Crippen molar-refractivity contribution >= 4 is 33.2 Å². The summed E-state index contributed by atoms with van der Waals surface area (Å²) in [6.45, 7) is 4.66. The zero-order valence-corrected chi connectivity index (χ0v) is 17.5. The molecule has 0 fully saturated rings. The number of Topliss-reactive ketones (excluding diaryl/α,β-unsaturated/α-hetero) is 2. The number of nitrogens with zero attached hydrogens (tertiary/aromatic N) is 1. The molecule has 0 unspecified atom stereocenters. The molecule has 29 heavy (non-hydrogen) atoms. The minimum absolute atomic E-state index is 0.145. The Balaban J connectivity index is 1.72. The number of aromatic amines is 1. The van der Waals surface area contributed by atoms with E-state index in [0.29, 0.717) is 35.5 Å². The van der Waals surface area contributed by atoms with Gasteiger partial charge < -0.3 is 9.72 Å². The number of ether oxygens (including phenoxy) is 1. The van der Waals surface area contributed by atoms with E-state index in [0.717, 1.165) is 11.8 Å². The quantitative estimate of drug-likeness (QED) is 0.568. The Hall–Kier alpha value is -2.94. The number of nitrogens with one attached hydrogen (secondary N) is 1. The molecule has 0 saturated heterocycles. The number of aromatic nitrogens is 1. The molecule has 2 aromatic rings. The topological polar surface area (TPSA) is 114 Å². The minimum Gasteiger partial charge on any atom is -0.454 e. The summed E-state index contributed by atoms with van der Waals surface area (Å²) in [6.07, 6.45) is 1.63. The highest BCUT2D eigenvalue weighted by molar-refractivity contribution is 7.92. The number of H-pyrrole nitrogens is 1. The molecule has 1 aromatic carbocycles. The number of rotatable bonds is 6. The molecule has 0 atom stereocenters. The minimum atomic E-state index is -3.37. The highest BCUT2D eigenvalue weighted by atomic mass is 32.2. The Bertz CT molecular complexity index is 1130. The van der Waals surface area contributed by atoms with Crippen LogP contribution >= 0.6 is 0 Å². The van der Waals surface area contributed by atoms with Crippen molar-refractivity contribution in [2.45, 2.75) is 27.2 Å². The van der Waals surface area contributed by atoms with E-state index in [1.54, 1.807) is 26.0 Å². The normalized spacial score (nSPS) is 13.3. The maximum atomic E-state index is 12.4. The summed E-state index contributed by atoms with van der Waals surface area (Å²) in [6, 6.07) is 4.64. The van der Waals surface area contributed by atoms with Crippen molar-refractivity contribution < 1.29 is 27.5 Å². The summed E-state index contributed by atoms with van der Waals surface area (Å²) in [5.41, 5.74) is 3.38. The average molecular weight is 418 g/mol. The maximum Gasteiger partial charge on any atom is 0.338 e. The summed E-state index contributed by atoms with van der Waals surface area (Å²) < 4.78 is 30.0. The van der Waals surface area contributed by atoms with Gasteiger partial charge in [-0.25, -0.2) is 13.2 Å². The number of carbonyl (C=O) groups excluding carboxylic acids is 3. The van der Waals surface area contributed by atoms with Crippen molar-refractivity contribution in [3.63, 3.8) is 0 Å². The molecule has 154 valence electrons. The molecular formula is C20H22N2O6S. The van der Waals surface area contributed by atoms with E-state index in [1.807, 2.05) is 0 Å². The molecule has 9 heteroatoms. The van der Waals surface area contributed by atoms with E-state index in [2.05, 4.69) is 4.98 Å². The van der Waals surface area contributed by atoms with Gasteiger partial charge in [0.15, 0.2) is 12.4 Å². The molecule has 0 radical (unpaired) electrons. The van der Waals surface area contributed by atoms with Gasteiger partial charge in [0.05, 0.1) is 23.2 Å². The Morgan fingerprint density at radius 3 is 2.48 bits per heavy atom. The van der Waals surface area contributed by atoms with E-state index in [-0.39, 0.29) is 17.0 Å². The molecule has 8 nitrogen and oxygen atoms in total. The van der Waals surface area contributed by atoms with Gasteiger partial charge in [0.2, 0.25) is 15.8 Å². The van der Waals surface area contributed by atoms with Gasteiger partial charge in [-0.15, -0.1) is 0 Å². The van der Waals surface area contributed by atoms with Crippen molar-refractivity contribution in [1.29, 1.82) is 0 Å². The number of aryl methyl sites for hydroxylation is 1. The van der Waals surface area contributed by atoms with Gasteiger partial charge in [-0.3, -0.25) is 13.9 Å². The van der Waals surface area contributed by atoms with Gasteiger partial charge >= 0.3 is 5.97 Å². The molecule has 0 aliphatic carbocycles. The van der Waals surface area contributed by atoms with Crippen LogP contribution in [0.4, 0.5) is 5.69 Å². The largest absolute Gasteiger partial charge is 0.454 e. The van der Waals surface area contributed by atoms with E-state index >= 15 is 0 Å². The number of benzene rings is 1. The molecule has 0 saturated carbocycles. The second-order valence-electron chi connectivity index (χ2n) is 7.11. The maximum absolute atomic E-state index is 12.4. The lowest BCUT2D eigenvalue weighted by molar-refractivity contribution is 0.0473.